The Kier molecular flexibility index (Phi) is 5.84. The van der Waals surface area contributed by atoms with Crippen LogP contribution < -0.4 is 0 Å². The summed E-state index contributed by atoms with van der Waals surface area (Å²) in [4.78, 5) is 10.6. The second kappa shape index (κ2) is 9.20. The fourth-order valence-corrected chi connectivity index (χ4v) is 5.36. The van der Waals surface area contributed by atoms with Crippen LogP contribution in [0, 0.1) is 26.0 Å². The van der Waals surface area contributed by atoms with Gasteiger partial charge in [-0.3, -0.25) is 9.98 Å². The van der Waals surface area contributed by atoms with Gasteiger partial charge in [0.25, 0.3) is 0 Å². The first-order chi connectivity index (χ1) is 17.7. The summed E-state index contributed by atoms with van der Waals surface area (Å²) in [6.45, 7) is 4.26. The number of fused-ring (bicyclic) bond motifs is 2. The fourth-order valence-electron chi connectivity index (χ4n) is 5.36. The summed E-state index contributed by atoms with van der Waals surface area (Å²) >= 11 is 0. The van der Waals surface area contributed by atoms with Crippen LogP contribution in [0.25, 0.3) is 32.3 Å². The molecule has 0 aliphatic heterocycles. The van der Waals surface area contributed by atoms with Crippen molar-refractivity contribution >= 4 is 55.1 Å². The molecule has 1 aliphatic carbocycles. The average Bonchev–Trinajstić information content (AvgIpc) is 3.19. The second-order valence-electron chi connectivity index (χ2n) is 9.35. The van der Waals surface area contributed by atoms with Gasteiger partial charge in [-0.2, -0.15) is 0 Å². The summed E-state index contributed by atoms with van der Waals surface area (Å²) in [7, 11) is 0. The number of rotatable bonds is 2. The molecule has 7 rings (SSSR count). The third-order valence-electron chi connectivity index (χ3n) is 7.16. The van der Waals surface area contributed by atoms with Gasteiger partial charge in [0.2, 0.25) is 0 Å². The molecule has 37 heavy (non-hydrogen) atoms. The molecular formula is C34H22N2Pd. The van der Waals surface area contributed by atoms with E-state index in [2.05, 4.69) is 111 Å². The van der Waals surface area contributed by atoms with Gasteiger partial charge in [0, 0.05) is 16.5 Å². The van der Waals surface area contributed by atoms with Gasteiger partial charge in [-0.25, -0.2) is 0 Å². The largest absolute Gasteiger partial charge is 2.00 e. The molecule has 0 radical (unpaired) electrons. The molecule has 0 heterocycles. The molecule has 0 atom stereocenters. The summed E-state index contributed by atoms with van der Waals surface area (Å²) in [5.41, 5.74) is 8.28. The topological polar surface area (TPSA) is 24.7 Å². The van der Waals surface area contributed by atoms with Crippen LogP contribution >= 0.6 is 0 Å². The molecule has 178 valence electrons. The van der Waals surface area contributed by atoms with E-state index in [9.17, 15) is 0 Å². The Morgan fingerprint density at radius 3 is 1.49 bits per heavy atom. The van der Waals surface area contributed by atoms with Crippen molar-refractivity contribution < 1.29 is 20.4 Å². The van der Waals surface area contributed by atoms with Crippen LogP contribution in [-0.2, 0) is 20.4 Å². The van der Waals surface area contributed by atoms with Crippen molar-refractivity contribution in [3.63, 3.8) is 0 Å². The van der Waals surface area contributed by atoms with Gasteiger partial charge in [0.1, 0.15) is 0 Å². The van der Waals surface area contributed by atoms with E-state index in [4.69, 9.17) is 9.98 Å². The SMILES string of the molecule is Cc1cc[c-]c2c(N=C3C(=Nc4cccc5c(C)cc[c-]c45)c4cccc5cccc3c45)cccc12.[Pd+2]. The molecular weight excluding hydrogens is 543 g/mol. The molecule has 0 bridgehead atoms. The molecule has 2 nitrogen and oxygen atoms in total. The van der Waals surface area contributed by atoms with Crippen LogP contribution in [-0.4, -0.2) is 11.4 Å². The Hall–Kier alpha value is -3.90. The normalized spacial score (nSPS) is 14.6. The maximum atomic E-state index is 5.29. The van der Waals surface area contributed by atoms with Crippen LogP contribution in [0.4, 0.5) is 11.4 Å². The first-order valence-electron chi connectivity index (χ1n) is 12.2. The molecule has 0 spiro atoms. The minimum absolute atomic E-state index is 0. The first kappa shape index (κ1) is 23.5. The van der Waals surface area contributed by atoms with Crippen LogP contribution in [0.3, 0.4) is 0 Å². The summed E-state index contributed by atoms with van der Waals surface area (Å²) in [6, 6.07) is 40.4. The molecule has 6 aromatic rings. The first-order valence-corrected chi connectivity index (χ1v) is 12.2. The van der Waals surface area contributed by atoms with Crippen molar-refractivity contribution in [2.75, 3.05) is 0 Å². The van der Waals surface area contributed by atoms with E-state index in [0.29, 0.717) is 0 Å². The Labute approximate surface area is 230 Å². The van der Waals surface area contributed by atoms with E-state index in [0.717, 1.165) is 44.7 Å². The molecule has 0 N–H and O–H groups in total. The maximum Gasteiger partial charge on any atom is 2.00 e. The molecule has 0 amide bonds. The van der Waals surface area contributed by atoms with Crippen molar-refractivity contribution in [2.45, 2.75) is 13.8 Å². The zero-order chi connectivity index (χ0) is 24.2. The van der Waals surface area contributed by atoms with Crippen molar-refractivity contribution in [1.82, 2.24) is 0 Å². The Morgan fingerprint density at radius 2 is 1.00 bits per heavy atom. The minimum Gasteiger partial charge on any atom is -0.294 e. The van der Waals surface area contributed by atoms with Gasteiger partial charge in [-0.1, -0.05) is 86.6 Å². The second-order valence-corrected chi connectivity index (χ2v) is 9.35. The van der Waals surface area contributed by atoms with E-state index in [-0.39, 0.29) is 20.4 Å². The van der Waals surface area contributed by atoms with E-state index in [1.165, 1.54) is 32.7 Å². The number of aryl methyl sites for hydroxylation is 2. The monoisotopic (exact) mass is 564 g/mol. The van der Waals surface area contributed by atoms with Crippen LogP contribution in [0.5, 0.6) is 0 Å². The Morgan fingerprint density at radius 1 is 0.541 bits per heavy atom. The van der Waals surface area contributed by atoms with Gasteiger partial charge in [-0.15, -0.1) is 69.1 Å². The molecule has 0 saturated carbocycles. The predicted octanol–water partition coefficient (Wildman–Crippen LogP) is 8.62. The summed E-state index contributed by atoms with van der Waals surface area (Å²) < 4.78 is 0. The van der Waals surface area contributed by atoms with Crippen LogP contribution in [0.15, 0.2) is 107 Å². The molecule has 0 aromatic heterocycles. The van der Waals surface area contributed by atoms with Crippen LogP contribution in [0.2, 0.25) is 0 Å². The van der Waals surface area contributed by atoms with Crippen molar-refractivity contribution in [1.29, 1.82) is 0 Å². The molecule has 6 aromatic carbocycles. The maximum absolute atomic E-state index is 5.29. The quantitative estimate of drug-likeness (QED) is 0.149. The number of nitrogens with zero attached hydrogens (tertiary/aromatic N) is 2. The van der Waals surface area contributed by atoms with Gasteiger partial charge >= 0.3 is 20.4 Å². The van der Waals surface area contributed by atoms with E-state index >= 15 is 0 Å². The zero-order valence-electron chi connectivity index (χ0n) is 20.4. The van der Waals surface area contributed by atoms with E-state index < -0.39 is 0 Å². The smallest absolute Gasteiger partial charge is 0.294 e. The summed E-state index contributed by atoms with van der Waals surface area (Å²) in [5, 5.41) is 6.81. The number of hydrogen-bond donors (Lipinski definition) is 0. The van der Waals surface area contributed by atoms with E-state index in [1.54, 1.807) is 0 Å². The van der Waals surface area contributed by atoms with Crippen molar-refractivity contribution in [2.24, 2.45) is 9.98 Å². The van der Waals surface area contributed by atoms with E-state index in [1.807, 2.05) is 12.1 Å². The van der Waals surface area contributed by atoms with Gasteiger partial charge in [0.05, 0.1) is 11.4 Å². The number of hydrogen-bond acceptors (Lipinski definition) is 2. The fraction of sp³-hybridized carbons (Fsp3) is 0.0588. The third-order valence-corrected chi connectivity index (χ3v) is 7.16. The average molecular weight is 565 g/mol. The summed E-state index contributed by atoms with van der Waals surface area (Å²) in [6.07, 6.45) is 0. The summed E-state index contributed by atoms with van der Waals surface area (Å²) in [5.74, 6) is 0. The molecule has 3 heteroatoms. The zero-order valence-corrected chi connectivity index (χ0v) is 22.0. The van der Waals surface area contributed by atoms with Crippen molar-refractivity contribution in [3.8, 4) is 0 Å². The standard InChI is InChI=1S/C34H22N2.Pd/c1-21-9-3-15-26-24(21)13-7-19-30(26)35-33-28-17-5-11-23-12-6-18-29(32(23)28)34(33)36-31-20-8-14-25-22(2)10-4-16-27(25)31;/h3-14,17-20H,1-2H3;/q-2;+2. The molecule has 0 unspecified atom stereocenters. The molecule has 0 saturated heterocycles. The van der Waals surface area contributed by atoms with Gasteiger partial charge < -0.3 is 0 Å². The van der Waals surface area contributed by atoms with Gasteiger partial charge in [0.15, 0.2) is 0 Å². The number of benzene rings is 6. The van der Waals surface area contributed by atoms with Crippen molar-refractivity contribution in [3.05, 3.63) is 131 Å². The Bertz CT molecular complexity index is 1780. The number of aliphatic imine (C=N–C) groups is 2. The predicted molar refractivity (Wildman–Crippen MR) is 151 cm³/mol. The Balaban J connectivity index is 0.00000252. The molecule has 0 fully saturated rings. The van der Waals surface area contributed by atoms with Gasteiger partial charge in [-0.05, 0) is 16.8 Å². The third kappa shape index (κ3) is 3.75. The molecule has 1 aliphatic rings. The van der Waals surface area contributed by atoms with Crippen LogP contribution in [0.1, 0.15) is 22.3 Å². The minimum atomic E-state index is 0.